The minimum absolute atomic E-state index is 0.0646. The van der Waals surface area contributed by atoms with Gasteiger partial charge in [-0.05, 0) is 31.2 Å². The molecule has 0 spiro atoms. The van der Waals surface area contributed by atoms with Crippen LogP contribution in [0.2, 0.25) is 5.02 Å². The number of sulfone groups is 1. The molecule has 0 unspecified atom stereocenters. The van der Waals surface area contributed by atoms with Crippen LogP contribution in [0, 0.1) is 0 Å². The fraction of sp³-hybridized carbons (Fsp3) is 0.133. The molecule has 0 aliphatic carbocycles. The van der Waals surface area contributed by atoms with E-state index in [4.69, 9.17) is 11.6 Å². The van der Waals surface area contributed by atoms with E-state index in [0.29, 0.717) is 16.3 Å². The van der Waals surface area contributed by atoms with Crippen LogP contribution in [0.15, 0.2) is 52.5 Å². The van der Waals surface area contributed by atoms with E-state index >= 15 is 0 Å². The van der Waals surface area contributed by atoms with Crippen molar-refractivity contribution >= 4 is 39.5 Å². The molecule has 0 radical (unpaired) electrons. The molecule has 7 nitrogen and oxygen atoms in total. The third kappa shape index (κ3) is 3.90. The molecule has 2 aromatic rings. The largest absolute Gasteiger partial charge is 0.493 e. The Morgan fingerprint density at radius 3 is 2.42 bits per heavy atom. The number of hydrogen-bond acceptors (Lipinski definition) is 7. The third-order valence-corrected chi connectivity index (χ3v) is 4.48. The normalized spacial score (nSPS) is 12.5. The van der Waals surface area contributed by atoms with Crippen molar-refractivity contribution in [2.45, 2.75) is 11.8 Å². The predicted molar refractivity (Wildman–Crippen MR) is 93.8 cm³/mol. The van der Waals surface area contributed by atoms with Crippen LogP contribution in [0.5, 0.6) is 0 Å². The number of aromatic nitrogens is 2. The van der Waals surface area contributed by atoms with E-state index in [0.717, 1.165) is 11.3 Å². The summed E-state index contributed by atoms with van der Waals surface area (Å²) in [6, 6.07) is 6.09. The van der Waals surface area contributed by atoms with Crippen LogP contribution in [0.1, 0.15) is 12.6 Å². The molecule has 0 aromatic carbocycles. The van der Waals surface area contributed by atoms with E-state index in [1.165, 1.54) is 24.5 Å². The number of halogens is 1. The lowest BCUT2D eigenvalue weighted by Crippen LogP contribution is -2.18. The van der Waals surface area contributed by atoms with Crippen molar-refractivity contribution in [2.75, 3.05) is 11.3 Å². The molecule has 2 aromatic heterocycles. The van der Waals surface area contributed by atoms with Gasteiger partial charge in [-0.15, -0.1) is 0 Å². The Bertz CT molecular complexity index is 878. The lowest BCUT2D eigenvalue weighted by Gasteiger charge is -2.18. The summed E-state index contributed by atoms with van der Waals surface area (Å²) in [5.74, 6) is -0.0253. The number of aliphatic hydroxyl groups excluding tert-OH is 1. The summed E-state index contributed by atoms with van der Waals surface area (Å²) in [5, 5.41) is 15.7. The number of nitrogens with zero attached hydrogens (tertiary/aromatic N) is 4. The van der Waals surface area contributed by atoms with Crippen LogP contribution in [0.25, 0.3) is 5.57 Å². The van der Waals surface area contributed by atoms with Crippen molar-refractivity contribution in [3.05, 3.63) is 53.3 Å². The monoisotopic (exact) mass is 366 g/mol. The highest BCUT2D eigenvalue weighted by Gasteiger charge is 2.17. The van der Waals surface area contributed by atoms with Crippen molar-refractivity contribution < 1.29 is 13.5 Å². The average Bonchev–Trinajstić information content (AvgIpc) is 2.55. The molecular weight excluding hydrogens is 352 g/mol. The molecule has 0 bridgehead atoms. The summed E-state index contributed by atoms with van der Waals surface area (Å²) >= 11 is 5.79. The third-order valence-electron chi connectivity index (χ3n) is 3.15. The molecule has 2 rings (SSSR count). The van der Waals surface area contributed by atoms with Gasteiger partial charge in [-0.2, -0.15) is 10.1 Å². The fourth-order valence-electron chi connectivity index (χ4n) is 1.84. The molecule has 2 heterocycles. The number of anilines is 1. The molecule has 0 saturated carbocycles. The minimum atomic E-state index is -3.36. The second kappa shape index (κ2) is 6.98. The van der Waals surface area contributed by atoms with Crippen molar-refractivity contribution in [1.82, 2.24) is 9.97 Å². The van der Waals surface area contributed by atoms with E-state index in [1.54, 1.807) is 19.1 Å². The van der Waals surface area contributed by atoms with Gasteiger partial charge in [0.1, 0.15) is 0 Å². The Hall–Kier alpha value is -2.45. The van der Waals surface area contributed by atoms with Gasteiger partial charge in [0.15, 0.2) is 15.7 Å². The smallest absolute Gasteiger partial charge is 0.219 e. The van der Waals surface area contributed by atoms with Crippen molar-refractivity contribution in [2.24, 2.45) is 5.10 Å². The minimum Gasteiger partial charge on any atom is -0.493 e. The summed E-state index contributed by atoms with van der Waals surface area (Å²) in [6.07, 6.45) is 3.73. The summed E-state index contributed by atoms with van der Waals surface area (Å²) in [7, 11) is -3.36. The topological polar surface area (TPSA) is 95.7 Å². The maximum atomic E-state index is 11.5. The van der Waals surface area contributed by atoms with Crippen LogP contribution in [0.3, 0.4) is 0 Å². The Balaban J connectivity index is 2.41. The Kier molecular flexibility index (Phi) is 5.20. The maximum absolute atomic E-state index is 11.5. The van der Waals surface area contributed by atoms with Gasteiger partial charge >= 0.3 is 0 Å². The highest BCUT2D eigenvalue weighted by atomic mass is 35.5. The van der Waals surface area contributed by atoms with Crippen LogP contribution in [-0.4, -0.2) is 36.5 Å². The van der Waals surface area contributed by atoms with Crippen LogP contribution >= 0.6 is 11.6 Å². The first-order valence-corrected chi connectivity index (χ1v) is 8.95. The van der Waals surface area contributed by atoms with Gasteiger partial charge in [-0.1, -0.05) is 11.6 Å². The molecule has 1 N–H and O–H groups in total. The summed E-state index contributed by atoms with van der Waals surface area (Å²) < 4.78 is 22.9. The first-order chi connectivity index (χ1) is 11.2. The van der Waals surface area contributed by atoms with Crippen molar-refractivity contribution in [3.63, 3.8) is 0 Å². The van der Waals surface area contributed by atoms with Gasteiger partial charge < -0.3 is 5.11 Å². The molecular formula is C15H15ClN4O3S. The quantitative estimate of drug-likeness (QED) is 0.496. The molecule has 126 valence electrons. The molecule has 9 heteroatoms. The van der Waals surface area contributed by atoms with E-state index in [1.807, 2.05) is 0 Å². The van der Waals surface area contributed by atoms with E-state index < -0.39 is 9.84 Å². The van der Waals surface area contributed by atoms with E-state index in [-0.39, 0.29) is 16.6 Å². The van der Waals surface area contributed by atoms with Crippen LogP contribution in [0.4, 0.5) is 5.82 Å². The fourth-order valence-corrected chi connectivity index (χ4v) is 2.51. The van der Waals surface area contributed by atoms with Gasteiger partial charge in [0, 0.05) is 30.9 Å². The molecule has 0 aliphatic rings. The Morgan fingerprint density at radius 1 is 1.25 bits per heavy atom. The van der Waals surface area contributed by atoms with E-state index in [2.05, 4.69) is 21.8 Å². The number of hydrazone groups is 1. The maximum Gasteiger partial charge on any atom is 0.219 e. The van der Waals surface area contributed by atoms with Gasteiger partial charge in [-0.25, -0.2) is 13.4 Å². The second-order valence-corrected chi connectivity index (χ2v) is 7.34. The molecule has 24 heavy (non-hydrogen) atoms. The second-order valence-electron chi connectivity index (χ2n) is 4.89. The number of rotatable bonds is 5. The van der Waals surface area contributed by atoms with E-state index in [9.17, 15) is 13.5 Å². The zero-order chi connectivity index (χ0) is 17.9. The first kappa shape index (κ1) is 17.9. The molecule has 0 fully saturated rings. The first-order valence-electron chi connectivity index (χ1n) is 6.68. The molecule has 0 aliphatic heterocycles. The Morgan fingerprint density at radius 2 is 1.96 bits per heavy atom. The standard InChI is InChI=1S/C15H15ClN4O3S/c1-10(13-6-4-11(16)8-18-13)15(21)20(17-2)14-7-5-12(9-19-14)24(3,22)23/h4-9,21H,2H2,1,3H3/b15-10-. The van der Waals surface area contributed by atoms with Gasteiger partial charge in [0.25, 0.3) is 0 Å². The number of aliphatic hydroxyl groups is 1. The SMILES string of the molecule is C=NN(/C(O)=C(\C)c1ccc(Cl)cn1)c1ccc(S(C)(=O)=O)cn1. The lowest BCUT2D eigenvalue weighted by molar-refractivity contribution is 0.393. The Labute approximate surface area is 144 Å². The summed E-state index contributed by atoms with van der Waals surface area (Å²) in [6.45, 7) is 5.05. The lowest BCUT2D eigenvalue weighted by atomic mass is 10.2. The summed E-state index contributed by atoms with van der Waals surface area (Å²) in [4.78, 5) is 8.19. The number of pyridine rings is 2. The van der Waals surface area contributed by atoms with Crippen molar-refractivity contribution in [3.8, 4) is 0 Å². The molecule has 0 saturated heterocycles. The predicted octanol–water partition coefficient (Wildman–Crippen LogP) is 2.90. The van der Waals surface area contributed by atoms with Gasteiger partial charge in [-0.3, -0.25) is 4.98 Å². The van der Waals surface area contributed by atoms with Crippen molar-refractivity contribution in [1.29, 1.82) is 0 Å². The highest BCUT2D eigenvalue weighted by Crippen LogP contribution is 2.23. The zero-order valence-electron chi connectivity index (χ0n) is 13.0. The zero-order valence-corrected chi connectivity index (χ0v) is 14.6. The summed E-state index contributed by atoms with van der Waals surface area (Å²) in [5.41, 5.74) is 0.923. The van der Waals surface area contributed by atoms with Gasteiger partial charge in [0.2, 0.25) is 5.88 Å². The molecule has 0 atom stereocenters. The highest BCUT2D eigenvalue weighted by molar-refractivity contribution is 7.90. The molecule has 0 amide bonds. The van der Waals surface area contributed by atoms with Crippen LogP contribution < -0.4 is 5.01 Å². The average molecular weight is 367 g/mol. The van der Waals surface area contributed by atoms with Crippen LogP contribution in [-0.2, 0) is 9.84 Å². The van der Waals surface area contributed by atoms with Gasteiger partial charge in [0.05, 0.1) is 15.6 Å². The number of hydrogen-bond donors (Lipinski definition) is 1. The number of allylic oxidation sites excluding steroid dienone is 1.